The first-order valence-corrected chi connectivity index (χ1v) is 9.10. The van der Waals surface area contributed by atoms with E-state index in [2.05, 4.69) is 32.4 Å². The molecule has 0 unspecified atom stereocenters. The van der Waals surface area contributed by atoms with Crippen LogP contribution in [-0.2, 0) is 11.3 Å². The average Bonchev–Trinajstić information content (AvgIpc) is 2.99. The molecule has 0 amide bonds. The average molecular weight is 467 g/mol. The number of ether oxygens (including phenoxy) is 1. The number of methoxy groups -OCH3 is 1. The van der Waals surface area contributed by atoms with E-state index in [4.69, 9.17) is 4.74 Å². The highest BCUT2D eigenvalue weighted by Gasteiger charge is 2.18. The molecule has 2 heterocycles. The molecule has 0 aliphatic carbocycles. The van der Waals surface area contributed by atoms with E-state index in [9.17, 15) is 0 Å². The molecule has 8 heteroatoms. The standard InChI is InChI=1S/C16H29N5OS.HI/c1-13-10-18-15(23-13)12-20-16(17-2)19-11-14-4-6-21(7-5-14)8-9-22-3;/h10,14H,4-9,11-12H2,1-3H3,(H2,17,19,20);1H. The van der Waals surface area contributed by atoms with E-state index in [1.807, 2.05) is 13.2 Å². The van der Waals surface area contributed by atoms with Crippen molar-refractivity contribution in [3.63, 3.8) is 0 Å². The monoisotopic (exact) mass is 467 g/mol. The molecule has 0 bridgehead atoms. The molecule has 1 saturated heterocycles. The molecular weight excluding hydrogens is 437 g/mol. The van der Waals surface area contributed by atoms with Gasteiger partial charge in [0.1, 0.15) is 5.01 Å². The van der Waals surface area contributed by atoms with Crippen molar-refractivity contribution in [3.05, 3.63) is 16.1 Å². The first-order valence-electron chi connectivity index (χ1n) is 8.28. The molecule has 2 N–H and O–H groups in total. The number of nitrogens with zero attached hydrogens (tertiary/aromatic N) is 3. The van der Waals surface area contributed by atoms with Gasteiger partial charge < -0.3 is 20.3 Å². The highest BCUT2D eigenvalue weighted by atomic mass is 127. The van der Waals surface area contributed by atoms with E-state index in [1.165, 1.54) is 30.8 Å². The van der Waals surface area contributed by atoms with Crippen LogP contribution in [0.25, 0.3) is 0 Å². The molecule has 1 aromatic rings. The third kappa shape index (κ3) is 7.62. The summed E-state index contributed by atoms with van der Waals surface area (Å²) in [6.45, 7) is 8.00. The number of likely N-dealkylation sites (tertiary alicyclic amines) is 1. The van der Waals surface area contributed by atoms with Crippen molar-refractivity contribution in [2.45, 2.75) is 26.3 Å². The summed E-state index contributed by atoms with van der Waals surface area (Å²) in [5.74, 6) is 1.58. The maximum Gasteiger partial charge on any atom is 0.191 e. The minimum atomic E-state index is 0. The summed E-state index contributed by atoms with van der Waals surface area (Å²) in [6.07, 6.45) is 4.38. The van der Waals surface area contributed by atoms with Crippen LogP contribution in [0.1, 0.15) is 22.7 Å². The van der Waals surface area contributed by atoms with Gasteiger partial charge in [-0.1, -0.05) is 0 Å². The summed E-state index contributed by atoms with van der Waals surface area (Å²) in [6, 6.07) is 0. The van der Waals surface area contributed by atoms with E-state index in [-0.39, 0.29) is 24.0 Å². The molecule has 1 aliphatic rings. The number of aliphatic imine (C=N–C) groups is 1. The maximum absolute atomic E-state index is 5.15. The van der Waals surface area contributed by atoms with Crippen LogP contribution in [0.3, 0.4) is 0 Å². The fourth-order valence-corrected chi connectivity index (χ4v) is 3.47. The van der Waals surface area contributed by atoms with Gasteiger partial charge in [-0.25, -0.2) is 4.98 Å². The van der Waals surface area contributed by atoms with Gasteiger partial charge in [-0.05, 0) is 38.8 Å². The Bertz CT molecular complexity index is 489. The smallest absolute Gasteiger partial charge is 0.191 e. The molecule has 0 spiro atoms. The van der Waals surface area contributed by atoms with E-state index >= 15 is 0 Å². The third-order valence-electron chi connectivity index (χ3n) is 4.18. The van der Waals surface area contributed by atoms with Gasteiger partial charge in [0.25, 0.3) is 0 Å². The van der Waals surface area contributed by atoms with Crippen LogP contribution in [0.15, 0.2) is 11.2 Å². The van der Waals surface area contributed by atoms with Gasteiger partial charge in [0.2, 0.25) is 0 Å². The number of hydrogen-bond donors (Lipinski definition) is 2. The number of rotatable bonds is 7. The molecule has 0 radical (unpaired) electrons. The van der Waals surface area contributed by atoms with Crippen LogP contribution in [0.5, 0.6) is 0 Å². The van der Waals surface area contributed by atoms with Crippen LogP contribution in [0.4, 0.5) is 0 Å². The van der Waals surface area contributed by atoms with Crippen molar-refractivity contribution in [3.8, 4) is 0 Å². The van der Waals surface area contributed by atoms with E-state index in [1.54, 1.807) is 18.4 Å². The van der Waals surface area contributed by atoms with Crippen molar-refractivity contribution >= 4 is 41.3 Å². The van der Waals surface area contributed by atoms with Crippen LogP contribution < -0.4 is 10.6 Å². The van der Waals surface area contributed by atoms with Crippen LogP contribution in [0.2, 0.25) is 0 Å². The molecule has 24 heavy (non-hydrogen) atoms. The second kappa shape index (κ2) is 12.0. The number of thiazole rings is 1. The number of piperidine rings is 1. The summed E-state index contributed by atoms with van der Waals surface area (Å²) in [5.41, 5.74) is 0. The Balaban J connectivity index is 0.00000288. The first-order chi connectivity index (χ1) is 11.2. The SMILES string of the molecule is CN=C(NCc1ncc(C)s1)NCC1CCN(CCOC)CC1.I. The van der Waals surface area contributed by atoms with E-state index in [0.717, 1.165) is 43.1 Å². The molecule has 0 atom stereocenters. The first kappa shape index (κ1) is 21.6. The van der Waals surface area contributed by atoms with Crippen LogP contribution in [0, 0.1) is 12.8 Å². The zero-order valence-corrected chi connectivity index (χ0v) is 18.0. The zero-order valence-electron chi connectivity index (χ0n) is 14.9. The predicted octanol–water partition coefficient (Wildman–Crippen LogP) is 2.09. The van der Waals surface area contributed by atoms with Gasteiger partial charge in [-0.3, -0.25) is 4.99 Å². The van der Waals surface area contributed by atoms with Crippen molar-refractivity contribution in [2.24, 2.45) is 10.9 Å². The normalized spacial score (nSPS) is 16.7. The largest absolute Gasteiger partial charge is 0.383 e. The fourth-order valence-electron chi connectivity index (χ4n) is 2.74. The number of aryl methyl sites for hydroxylation is 1. The minimum absolute atomic E-state index is 0. The number of nitrogens with one attached hydrogen (secondary N) is 2. The third-order valence-corrected chi connectivity index (χ3v) is 5.09. The van der Waals surface area contributed by atoms with Gasteiger partial charge in [-0.15, -0.1) is 35.3 Å². The number of hydrogen-bond acceptors (Lipinski definition) is 5. The van der Waals surface area contributed by atoms with Crippen molar-refractivity contribution in [2.75, 3.05) is 46.9 Å². The lowest BCUT2D eigenvalue weighted by atomic mass is 9.97. The minimum Gasteiger partial charge on any atom is -0.383 e. The Labute approximate surface area is 166 Å². The second-order valence-corrected chi connectivity index (χ2v) is 7.27. The molecule has 1 aliphatic heterocycles. The molecule has 1 aromatic heterocycles. The maximum atomic E-state index is 5.15. The Morgan fingerprint density at radius 1 is 1.42 bits per heavy atom. The van der Waals surface area contributed by atoms with Crippen molar-refractivity contribution in [1.29, 1.82) is 0 Å². The van der Waals surface area contributed by atoms with Gasteiger partial charge in [0.15, 0.2) is 5.96 Å². The molecule has 2 rings (SSSR count). The highest BCUT2D eigenvalue weighted by molar-refractivity contribution is 14.0. The topological polar surface area (TPSA) is 61.8 Å². The summed E-state index contributed by atoms with van der Waals surface area (Å²) in [7, 11) is 3.58. The lowest BCUT2D eigenvalue weighted by molar-refractivity contribution is 0.121. The number of guanidine groups is 1. The lowest BCUT2D eigenvalue weighted by Gasteiger charge is -2.32. The van der Waals surface area contributed by atoms with Gasteiger partial charge in [0.05, 0.1) is 13.2 Å². The van der Waals surface area contributed by atoms with Gasteiger partial charge in [-0.2, -0.15) is 0 Å². The summed E-state index contributed by atoms with van der Waals surface area (Å²) < 4.78 is 5.15. The van der Waals surface area contributed by atoms with Gasteiger partial charge in [0, 0.05) is 38.3 Å². The van der Waals surface area contributed by atoms with Crippen molar-refractivity contribution < 1.29 is 4.74 Å². The predicted molar refractivity (Wildman–Crippen MR) is 112 cm³/mol. The number of halogens is 1. The summed E-state index contributed by atoms with van der Waals surface area (Å²) in [4.78, 5) is 12.4. The Hall–Kier alpha value is -0.450. The summed E-state index contributed by atoms with van der Waals surface area (Å²) >= 11 is 1.72. The molecule has 0 saturated carbocycles. The Kier molecular flexibility index (Phi) is 10.8. The van der Waals surface area contributed by atoms with Crippen LogP contribution in [-0.4, -0.2) is 62.8 Å². The second-order valence-electron chi connectivity index (χ2n) is 5.95. The fraction of sp³-hybridized carbons (Fsp3) is 0.750. The highest BCUT2D eigenvalue weighted by Crippen LogP contribution is 2.16. The van der Waals surface area contributed by atoms with Gasteiger partial charge >= 0.3 is 0 Å². The summed E-state index contributed by atoms with van der Waals surface area (Å²) in [5, 5.41) is 7.88. The van der Waals surface area contributed by atoms with E-state index < -0.39 is 0 Å². The molecule has 0 aromatic carbocycles. The molecule has 6 nitrogen and oxygen atoms in total. The molecule has 138 valence electrons. The van der Waals surface area contributed by atoms with E-state index in [0.29, 0.717) is 0 Å². The zero-order chi connectivity index (χ0) is 16.5. The Morgan fingerprint density at radius 2 is 2.17 bits per heavy atom. The molecular formula is C16H30IN5OS. The number of aromatic nitrogens is 1. The van der Waals surface area contributed by atoms with Crippen LogP contribution >= 0.6 is 35.3 Å². The lowest BCUT2D eigenvalue weighted by Crippen LogP contribution is -2.43. The quantitative estimate of drug-likeness (QED) is 0.366. The Morgan fingerprint density at radius 3 is 2.75 bits per heavy atom. The van der Waals surface area contributed by atoms with Crippen molar-refractivity contribution in [1.82, 2.24) is 20.5 Å². The molecule has 1 fully saturated rings.